The molecule has 1 aromatic heterocycles. The predicted octanol–water partition coefficient (Wildman–Crippen LogP) is 0.904. The minimum Gasteiger partial charge on any atom is -0.388 e. The molecule has 1 unspecified atom stereocenters. The predicted molar refractivity (Wildman–Crippen MR) is 83.5 cm³/mol. The number of nitrogens with zero attached hydrogens (tertiary/aromatic N) is 2. The summed E-state index contributed by atoms with van der Waals surface area (Å²) in [6.07, 6.45) is 1.29. The number of hydrogen-bond donors (Lipinski definition) is 1. The lowest BCUT2D eigenvalue weighted by atomic mass is 10.1. The van der Waals surface area contributed by atoms with Crippen molar-refractivity contribution in [2.75, 3.05) is 13.1 Å². The molecular formula is C13H19N3O3S2. The molecule has 1 atom stereocenters. The van der Waals surface area contributed by atoms with Gasteiger partial charge < -0.3 is 10.5 Å². The molecule has 2 N–H and O–H groups in total. The van der Waals surface area contributed by atoms with Crippen LogP contribution in [0.25, 0.3) is 0 Å². The molecule has 1 aliphatic heterocycles. The van der Waals surface area contributed by atoms with Crippen LogP contribution in [0.3, 0.4) is 0 Å². The van der Waals surface area contributed by atoms with Crippen LogP contribution < -0.4 is 5.73 Å². The number of rotatable bonds is 3. The molecule has 1 aromatic rings. The normalized spacial score (nSPS) is 22.9. The molecule has 2 heterocycles. The second kappa shape index (κ2) is 5.60. The van der Waals surface area contributed by atoms with Crippen molar-refractivity contribution in [1.82, 2.24) is 9.29 Å². The van der Waals surface area contributed by atoms with Crippen LogP contribution in [0.5, 0.6) is 0 Å². The fraction of sp³-hybridized carbons (Fsp3) is 0.538. The fourth-order valence-electron chi connectivity index (χ4n) is 2.50. The van der Waals surface area contributed by atoms with Gasteiger partial charge in [0.25, 0.3) is 0 Å². The maximum absolute atomic E-state index is 12.9. The van der Waals surface area contributed by atoms with Crippen LogP contribution in [0.4, 0.5) is 0 Å². The summed E-state index contributed by atoms with van der Waals surface area (Å²) >= 11 is 4.90. The van der Waals surface area contributed by atoms with E-state index in [2.05, 4.69) is 4.98 Å². The van der Waals surface area contributed by atoms with E-state index in [0.717, 1.165) is 0 Å². The molecule has 1 aliphatic rings. The lowest BCUT2D eigenvalue weighted by molar-refractivity contribution is -0.109. The summed E-state index contributed by atoms with van der Waals surface area (Å²) in [7, 11) is -3.72. The highest BCUT2D eigenvalue weighted by atomic mass is 32.2. The molecule has 0 bridgehead atoms. The summed E-state index contributed by atoms with van der Waals surface area (Å²) in [5.41, 5.74) is 5.17. The number of pyridine rings is 1. The first-order chi connectivity index (χ1) is 9.63. The van der Waals surface area contributed by atoms with Crippen molar-refractivity contribution in [2.45, 2.75) is 37.4 Å². The molecule has 0 saturated carbocycles. The van der Waals surface area contributed by atoms with Gasteiger partial charge in [-0.2, -0.15) is 4.31 Å². The molecule has 116 valence electrons. The van der Waals surface area contributed by atoms with E-state index in [0.29, 0.717) is 0 Å². The highest BCUT2D eigenvalue weighted by molar-refractivity contribution is 7.89. The van der Waals surface area contributed by atoms with Crippen LogP contribution in [0, 0.1) is 0 Å². The summed E-state index contributed by atoms with van der Waals surface area (Å²) in [6.45, 7) is 6.13. The lowest BCUT2D eigenvalue weighted by Gasteiger charge is -2.40. The summed E-state index contributed by atoms with van der Waals surface area (Å²) in [6, 6.07) is 3.04. The molecule has 0 radical (unpaired) electrons. The van der Waals surface area contributed by atoms with Crippen LogP contribution >= 0.6 is 12.2 Å². The van der Waals surface area contributed by atoms with Crippen LogP contribution in [0.15, 0.2) is 23.2 Å². The zero-order valence-electron chi connectivity index (χ0n) is 12.2. The zero-order valence-corrected chi connectivity index (χ0v) is 13.9. The molecular weight excluding hydrogens is 310 g/mol. The fourth-order valence-corrected chi connectivity index (χ4v) is 4.55. The number of sulfonamides is 1. The van der Waals surface area contributed by atoms with Gasteiger partial charge in [-0.25, -0.2) is 8.42 Å². The van der Waals surface area contributed by atoms with Gasteiger partial charge in [-0.05, 0) is 32.9 Å². The van der Waals surface area contributed by atoms with Crippen LogP contribution in [-0.2, 0) is 14.8 Å². The van der Waals surface area contributed by atoms with E-state index in [1.807, 2.05) is 20.8 Å². The minimum atomic E-state index is -3.72. The van der Waals surface area contributed by atoms with Gasteiger partial charge in [0.2, 0.25) is 10.0 Å². The molecule has 6 nitrogen and oxygen atoms in total. The van der Waals surface area contributed by atoms with Crippen molar-refractivity contribution in [3.05, 3.63) is 24.0 Å². The molecule has 0 aliphatic carbocycles. The highest BCUT2D eigenvalue weighted by Gasteiger charge is 2.39. The Balaban J connectivity index is 2.45. The van der Waals surface area contributed by atoms with Gasteiger partial charge in [-0.15, -0.1) is 0 Å². The smallest absolute Gasteiger partial charge is 0.245 e. The van der Waals surface area contributed by atoms with Crippen molar-refractivity contribution >= 4 is 27.2 Å². The quantitative estimate of drug-likeness (QED) is 0.830. The summed E-state index contributed by atoms with van der Waals surface area (Å²) in [5, 5.41) is 0. The largest absolute Gasteiger partial charge is 0.388 e. The molecule has 21 heavy (non-hydrogen) atoms. The average molecular weight is 329 g/mol. The monoisotopic (exact) mass is 329 g/mol. The molecule has 0 spiro atoms. The van der Waals surface area contributed by atoms with Crippen molar-refractivity contribution in [3.63, 3.8) is 0 Å². The molecule has 1 fully saturated rings. The maximum Gasteiger partial charge on any atom is 0.245 e. The van der Waals surface area contributed by atoms with Crippen LogP contribution in [-0.4, -0.2) is 47.5 Å². The van der Waals surface area contributed by atoms with Gasteiger partial charge in [-0.1, -0.05) is 12.2 Å². The topological polar surface area (TPSA) is 85.5 Å². The second-order valence-corrected chi connectivity index (χ2v) is 8.05. The van der Waals surface area contributed by atoms with Crippen molar-refractivity contribution in [1.29, 1.82) is 0 Å². The van der Waals surface area contributed by atoms with Gasteiger partial charge in [0.1, 0.15) is 15.6 Å². The number of morpholine rings is 1. The standard InChI is InChI=1S/C13H19N3O3S2/c1-9-7-16(8-13(2,3)19-9)21(17,18)10-5-4-6-15-11(10)12(14)20/h4-6,9H,7-8H2,1-3H3,(H2,14,20). The van der Waals surface area contributed by atoms with Gasteiger partial charge >= 0.3 is 0 Å². The first-order valence-corrected chi connectivity index (χ1v) is 8.41. The second-order valence-electron chi connectivity index (χ2n) is 5.70. The number of aromatic nitrogens is 1. The van der Waals surface area contributed by atoms with Crippen LogP contribution in [0.2, 0.25) is 0 Å². The van der Waals surface area contributed by atoms with Crippen molar-refractivity contribution in [2.24, 2.45) is 5.73 Å². The third-order valence-electron chi connectivity index (χ3n) is 3.16. The Kier molecular flexibility index (Phi) is 4.34. The van der Waals surface area contributed by atoms with Gasteiger partial charge in [0, 0.05) is 19.3 Å². The average Bonchev–Trinajstić information content (AvgIpc) is 2.36. The molecule has 0 amide bonds. The van der Waals surface area contributed by atoms with Crippen molar-refractivity contribution < 1.29 is 13.2 Å². The number of ether oxygens (including phenoxy) is 1. The van der Waals surface area contributed by atoms with E-state index < -0.39 is 15.6 Å². The Hall–Kier alpha value is -1.09. The Bertz CT molecular complexity index is 658. The molecule has 0 aromatic carbocycles. The summed E-state index contributed by atoms with van der Waals surface area (Å²) < 4.78 is 32.9. The van der Waals surface area contributed by atoms with E-state index in [9.17, 15) is 8.42 Å². The SMILES string of the molecule is CC1CN(S(=O)(=O)c2cccnc2C(N)=S)CC(C)(C)O1. The molecule has 2 rings (SSSR count). The van der Waals surface area contributed by atoms with E-state index in [-0.39, 0.29) is 34.8 Å². The first kappa shape index (κ1) is 16.3. The van der Waals surface area contributed by atoms with E-state index in [1.54, 1.807) is 6.07 Å². The minimum absolute atomic E-state index is 0.0326. The van der Waals surface area contributed by atoms with E-state index in [4.69, 9.17) is 22.7 Å². The third kappa shape index (κ3) is 3.39. The number of thiocarbonyl (C=S) groups is 1. The summed E-state index contributed by atoms with van der Waals surface area (Å²) in [4.78, 5) is 4.00. The van der Waals surface area contributed by atoms with E-state index >= 15 is 0 Å². The van der Waals surface area contributed by atoms with Gasteiger partial charge in [0.05, 0.1) is 11.7 Å². The highest BCUT2D eigenvalue weighted by Crippen LogP contribution is 2.27. The Morgan fingerprint density at radius 1 is 1.57 bits per heavy atom. The Morgan fingerprint density at radius 3 is 2.81 bits per heavy atom. The number of nitrogens with two attached hydrogens (primary N) is 1. The first-order valence-electron chi connectivity index (χ1n) is 6.56. The van der Waals surface area contributed by atoms with Gasteiger partial charge in [0.15, 0.2) is 0 Å². The maximum atomic E-state index is 12.9. The van der Waals surface area contributed by atoms with E-state index in [1.165, 1.54) is 16.6 Å². The zero-order chi connectivity index (χ0) is 15.8. The van der Waals surface area contributed by atoms with Crippen LogP contribution in [0.1, 0.15) is 26.5 Å². The van der Waals surface area contributed by atoms with Gasteiger partial charge in [-0.3, -0.25) is 4.98 Å². The molecule has 8 heteroatoms. The summed E-state index contributed by atoms with van der Waals surface area (Å²) in [5.74, 6) is 0. The Labute approximate surface area is 130 Å². The lowest BCUT2D eigenvalue weighted by Crippen LogP contribution is -2.53. The third-order valence-corrected chi connectivity index (χ3v) is 5.20. The Morgan fingerprint density at radius 2 is 2.24 bits per heavy atom. The number of hydrogen-bond acceptors (Lipinski definition) is 5. The molecule has 1 saturated heterocycles. The van der Waals surface area contributed by atoms with Crippen molar-refractivity contribution in [3.8, 4) is 0 Å².